The lowest BCUT2D eigenvalue weighted by Crippen LogP contribution is -2.60. The fourth-order valence-electron chi connectivity index (χ4n) is 8.23. The summed E-state index contributed by atoms with van der Waals surface area (Å²) in [5.41, 5.74) is -2.07. The number of amides is 1. The Morgan fingerprint density at radius 1 is 1.02 bits per heavy atom. The van der Waals surface area contributed by atoms with Crippen LogP contribution in [0.5, 0.6) is 0 Å². The molecule has 3 fully saturated rings. The van der Waals surface area contributed by atoms with Gasteiger partial charge in [-0.05, 0) is 85.5 Å². The first-order valence-electron chi connectivity index (χ1n) is 18.1. The second-order valence-electron chi connectivity index (χ2n) is 15.2. The average Bonchev–Trinajstić information content (AvgIpc) is 3.37. The van der Waals surface area contributed by atoms with Crippen LogP contribution in [0.3, 0.4) is 0 Å². The lowest BCUT2D eigenvalue weighted by molar-refractivity contribution is -0.299. The number of nitrogens with zero attached hydrogens (tertiary/aromatic N) is 2. The quantitative estimate of drug-likeness (QED) is 0.270. The summed E-state index contributed by atoms with van der Waals surface area (Å²) in [6.45, 7) is 19.8. The van der Waals surface area contributed by atoms with Crippen molar-refractivity contribution in [3.05, 3.63) is 0 Å². The summed E-state index contributed by atoms with van der Waals surface area (Å²) >= 11 is 0. The highest BCUT2D eigenvalue weighted by Crippen LogP contribution is 2.40. The first-order chi connectivity index (χ1) is 22.5. The highest BCUT2D eigenvalue weighted by atomic mass is 16.7. The van der Waals surface area contributed by atoms with Crippen molar-refractivity contribution in [3.63, 3.8) is 0 Å². The van der Waals surface area contributed by atoms with Gasteiger partial charge in [-0.15, -0.1) is 0 Å². The number of cyclic esters (lactones) is 1. The SMILES string of the molecule is CC[C@H]1OC(=O)C(C)C(=O)[C@H](C)[C@@H](O[C@@H]2OC(CN(CC)CC)CC(N(C)C)C2O)[C@](C)(OC)C[C@@H](C)CC[C@H](C)[C@H]2NC(=O)O[C@@]21C. The van der Waals surface area contributed by atoms with Crippen molar-refractivity contribution in [1.82, 2.24) is 15.1 Å². The second kappa shape index (κ2) is 16.9. The molecule has 3 heterocycles. The number of hydrogen-bond acceptors (Lipinski definition) is 11. The molecule has 278 valence electrons. The summed E-state index contributed by atoms with van der Waals surface area (Å²) in [5, 5.41) is 14.6. The number of likely N-dealkylation sites (N-methyl/N-ethyl adjacent to an activating group) is 2. The Bertz CT molecular complexity index is 1090. The van der Waals surface area contributed by atoms with Crippen LogP contribution in [0.15, 0.2) is 0 Å². The molecule has 0 aromatic rings. The van der Waals surface area contributed by atoms with Gasteiger partial charge >= 0.3 is 12.1 Å². The standard InChI is InChI=1S/C36H65N3O9/c1-13-27-36(9)30(37-34(43)48-36)22(5)17-16-21(4)19-35(8,44-12)31(23(6)28(40)24(7)32(42)46-27)47-33-29(41)26(38(10)11)18-25(45-33)20-39(14-2)15-3/h21-27,29-31,33,41H,13-20H2,1-12H3,(H,37,43)/t21-,22-,23-,24?,25?,26?,27+,29?,30+,31+,33-,35+,36+/m0/s1. The van der Waals surface area contributed by atoms with Crippen LogP contribution < -0.4 is 5.32 Å². The molecule has 12 nitrogen and oxygen atoms in total. The van der Waals surface area contributed by atoms with Crippen LogP contribution >= 0.6 is 0 Å². The zero-order valence-electron chi connectivity index (χ0n) is 31.6. The molecule has 3 aliphatic rings. The fraction of sp³-hybridized carbons (Fsp3) is 0.917. The third-order valence-corrected chi connectivity index (χ3v) is 11.5. The van der Waals surface area contributed by atoms with Crippen molar-refractivity contribution in [2.45, 2.75) is 148 Å². The van der Waals surface area contributed by atoms with Crippen LogP contribution in [0.25, 0.3) is 0 Å². The maximum atomic E-state index is 14.2. The van der Waals surface area contributed by atoms with Gasteiger partial charge in [0, 0.05) is 25.6 Å². The minimum Gasteiger partial charge on any atom is -0.458 e. The molecular formula is C36H65N3O9. The summed E-state index contributed by atoms with van der Waals surface area (Å²) in [7, 11) is 5.48. The first-order valence-corrected chi connectivity index (χ1v) is 18.1. The second-order valence-corrected chi connectivity index (χ2v) is 15.2. The fourth-order valence-corrected chi connectivity index (χ4v) is 8.23. The van der Waals surface area contributed by atoms with Crippen LogP contribution in [-0.2, 0) is 33.3 Å². The van der Waals surface area contributed by atoms with Crippen LogP contribution in [0.2, 0.25) is 0 Å². The number of nitrogens with one attached hydrogen (secondary N) is 1. The highest BCUT2D eigenvalue weighted by Gasteiger charge is 2.55. The Hall–Kier alpha value is -1.83. The molecule has 1 amide bonds. The van der Waals surface area contributed by atoms with E-state index in [1.54, 1.807) is 27.9 Å². The van der Waals surface area contributed by atoms with E-state index in [2.05, 4.69) is 37.9 Å². The van der Waals surface area contributed by atoms with Crippen LogP contribution in [-0.4, -0.2) is 128 Å². The van der Waals surface area contributed by atoms with Crippen LogP contribution in [0.4, 0.5) is 4.79 Å². The number of aliphatic hydroxyl groups is 1. The summed E-state index contributed by atoms with van der Waals surface area (Å²) < 4.78 is 31.3. The van der Waals surface area contributed by atoms with Gasteiger partial charge < -0.3 is 43.9 Å². The lowest BCUT2D eigenvalue weighted by atomic mass is 9.76. The lowest BCUT2D eigenvalue weighted by Gasteiger charge is -2.47. The first kappa shape index (κ1) is 40.6. The Morgan fingerprint density at radius 2 is 1.67 bits per heavy atom. The average molecular weight is 684 g/mol. The monoisotopic (exact) mass is 683 g/mol. The molecule has 2 N–H and O–H groups in total. The van der Waals surface area contributed by atoms with E-state index < -0.39 is 59.7 Å². The molecule has 3 saturated heterocycles. The Morgan fingerprint density at radius 3 is 2.23 bits per heavy atom. The number of carbonyl (C=O) groups excluding carboxylic acids is 3. The van der Waals surface area contributed by atoms with E-state index in [9.17, 15) is 19.5 Å². The number of fused-ring (bicyclic) bond motifs is 1. The van der Waals surface area contributed by atoms with E-state index in [1.165, 1.54) is 0 Å². The van der Waals surface area contributed by atoms with Gasteiger partial charge in [-0.1, -0.05) is 48.0 Å². The summed E-state index contributed by atoms with van der Waals surface area (Å²) in [5.74, 6) is -2.85. The van der Waals surface area contributed by atoms with E-state index in [1.807, 2.05) is 32.8 Å². The van der Waals surface area contributed by atoms with Crippen LogP contribution in [0, 0.1) is 23.7 Å². The van der Waals surface area contributed by atoms with Gasteiger partial charge in [0.2, 0.25) is 0 Å². The molecule has 13 atom stereocenters. The number of Topliss-reactive ketones (excluding diaryl/α,β-unsaturated/α-hetero) is 1. The van der Waals surface area contributed by atoms with Crippen molar-refractivity contribution in [2.75, 3.05) is 40.8 Å². The van der Waals surface area contributed by atoms with E-state index in [-0.39, 0.29) is 35.8 Å². The molecular weight excluding hydrogens is 618 g/mol. The highest BCUT2D eigenvalue weighted by molar-refractivity contribution is 6.00. The minimum absolute atomic E-state index is 0.0112. The predicted molar refractivity (Wildman–Crippen MR) is 182 cm³/mol. The Balaban J connectivity index is 2.03. The number of methoxy groups -OCH3 is 1. The maximum Gasteiger partial charge on any atom is 0.408 e. The maximum absolute atomic E-state index is 14.2. The van der Waals surface area contributed by atoms with Gasteiger partial charge in [0.25, 0.3) is 0 Å². The van der Waals surface area contributed by atoms with E-state index >= 15 is 0 Å². The van der Waals surface area contributed by atoms with Gasteiger partial charge in [-0.25, -0.2) is 4.79 Å². The predicted octanol–water partition coefficient (Wildman–Crippen LogP) is 4.01. The van der Waals surface area contributed by atoms with E-state index in [0.717, 1.165) is 25.9 Å². The third-order valence-electron chi connectivity index (χ3n) is 11.5. The van der Waals surface area contributed by atoms with E-state index in [4.69, 9.17) is 23.7 Å². The molecule has 0 aliphatic carbocycles. The number of ether oxygens (including phenoxy) is 5. The van der Waals surface area contributed by atoms with Gasteiger partial charge in [-0.2, -0.15) is 0 Å². The zero-order chi connectivity index (χ0) is 36.1. The summed E-state index contributed by atoms with van der Waals surface area (Å²) in [4.78, 5) is 44.7. The molecule has 0 spiro atoms. The molecule has 0 aromatic heterocycles. The molecule has 0 aromatic carbocycles. The Labute approximate surface area is 288 Å². The number of hydrogen-bond donors (Lipinski definition) is 2. The minimum atomic E-state index is -1.13. The normalized spacial score (nSPS) is 42.1. The number of aliphatic hydroxyl groups excluding tert-OH is 1. The number of esters is 1. The number of carbonyl (C=O) groups is 3. The van der Waals surface area contributed by atoms with Crippen molar-refractivity contribution in [1.29, 1.82) is 0 Å². The third kappa shape index (κ3) is 8.90. The van der Waals surface area contributed by atoms with Crippen molar-refractivity contribution in [2.24, 2.45) is 23.7 Å². The largest absolute Gasteiger partial charge is 0.458 e. The van der Waals surface area contributed by atoms with Crippen molar-refractivity contribution >= 4 is 17.8 Å². The van der Waals surface area contributed by atoms with Crippen LogP contribution in [0.1, 0.15) is 94.4 Å². The molecule has 3 aliphatic heterocycles. The molecule has 12 heteroatoms. The smallest absolute Gasteiger partial charge is 0.408 e. The zero-order valence-corrected chi connectivity index (χ0v) is 31.6. The van der Waals surface area contributed by atoms with Crippen molar-refractivity contribution in [3.8, 4) is 0 Å². The van der Waals surface area contributed by atoms with Crippen molar-refractivity contribution < 1.29 is 43.2 Å². The summed E-state index contributed by atoms with van der Waals surface area (Å²) in [6.07, 6.45) is -1.19. The molecule has 0 radical (unpaired) electrons. The topological polar surface area (TPSA) is 136 Å². The van der Waals surface area contributed by atoms with Gasteiger partial charge in [0.05, 0.1) is 23.9 Å². The molecule has 3 rings (SSSR count). The summed E-state index contributed by atoms with van der Waals surface area (Å²) in [6, 6.07) is -0.607. The van der Waals surface area contributed by atoms with E-state index in [0.29, 0.717) is 25.8 Å². The number of rotatable bonds is 9. The molecule has 4 unspecified atom stereocenters. The number of alkyl carbamates (subject to hydrolysis) is 1. The van der Waals surface area contributed by atoms with Gasteiger partial charge in [0.15, 0.2) is 17.7 Å². The van der Waals surface area contributed by atoms with Gasteiger partial charge in [-0.3, -0.25) is 9.59 Å². The molecule has 0 bridgehead atoms. The molecule has 0 saturated carbocycles. The number of ketones is 1. The van der Waals surface area contributed by atoms with Gasteiger partial charge in [0.1, 0.15) is 18.1 Å². The molecule has 48 heavy (non-hydrogen) atoms. The Kier molecular flexibility index (Phi) is 14.3.